The van der Waals surface area contributed by atoms with E-state index in [9.17, 15) is 0 Å². The summed E-state index contributed by atoms with van der Waals surface area (Å²) >= 11 is 0. The van der Waals surface area contributed by atoms with Crippen LogP contribution in [0.1, 0.15) is 47.2 Å². The Kier molecular flexibility index (Phi) is 6.55. The standard InChI is InChI=1S/C29H30N4/c1-29(2,25-11-3-21(4-12-25)19-23-7-15-27(30)16-8-23)26-13-5-22(6-14-26)20-24-9-17-28(18-10-24)32-33-31/h3-18H,19-20,30H2,1-2H3,(H2,31,32). The van der Waals surface area contributed by atoms with Crippen molar-refractivity contribution in [3.8, 4) is 0 Å². The summed E-state index contributed by atoms with van der Waals surface area (Å²) in [5.74, 6) is 5.11. The van der Waals surface area contributed by atoms with Crippen LogP contribution in [0.2, 0.25) is 0 Å². The first kappa shape index (κ1) is 22.3. The highest BCUT2D eigenvalue weighted by molar-refractivity contribution is 5.44. The third-order valence-corrected chi connectivity index (χ3v) is 6.26. The lowest BCUT2D eigenvalue weighted by molar-refractivity contribution is 0.640. The molecule has 0 aliphatic carbocycles. The van der Waals surface area contributed by atoms with E-state index in [2.05, 4.69) is 97.0 Å². The molecule has 4 aromatic carbocycles. The lowest BCUT2D eigenvalue weighted by atomic mass is 9.77. The van der Waals surface area contributed by atoms with Gasteiger partial charge in [0.15, 0.2) is 0 Å². The minimum Gasteiger partial charge on any atom is -0.399 e. The Morgan fingerprint density at radius 3 is 1.33 bits per heavy atom. The number of rotatable bonds is 7. The van der Waals surface area contributed by atoms with Crippen molar-refractivity contribution in [3.63, 3.8) is 0 Å². The Bertz CT molecular complexity index is 1200. The van der Waals surface area contributed by atoms with Gasteiger partial charge in [-0.2, -0.15) is 0 Å². The smallest absolute Gasteiger partial charge is 0.0874 e. The van der Waals surface area contributed by atoms with E-state index in [0.29, 0.717) is 0 Å². The second kappa shape index (κ2) is 9.70. The molecule has 0 aliphatic heterocycles. The summed E-state index contributed by atoms with van der Waals surface area (Å²) in [5.41, 5.74) is 15.0. The van der Waals surface area contributed by atoms with Crippen LogP contribution in [-0.4, -0.2) is 0 Å². The molecule has 0 unspecified atom stereocenters. The van der Waals surface area contributed by atoms with Gasteiger partial charge in [-0.3, -0.25) is 0 Å². The van der Waals surface area contributed by atoms with Crippen LogP contribution in [0.3, 0.4) is 0 Å². The summed E-state index contributed by atoms with van der Waals surface area (Å²) < 4.78 is 0. The van der Waals surface area contributed by atoms with Crippen LogP contribution in [0.15, 0.2) is 107 Å². The quantitative estimate of drug-likeness (QED) is 0.146. The second-order valence-electron chi connectivity index (χ2n) is 9.00. The van der Waals surface area contributed by atoms with E-state index in [0.717, 1.165) is 24.2 Å². The van der Waals surface area contributed by atoms with Crippen LogP contribution in [0.25, 0.3) is 0 Å². The first-order valence-electron chi connectivity index (χ1n) is 11.2. The first-order chi connectivity index (χ1) is 15.9. The maximum atomic E-state index is 5.80. The average molecular weight is 435 g/mol. The number of hydrogen-bond donors (Lipinski definition) is 2. The van der Waals surface area contributed by atoms with E-state index in [4.69, 9.17) is 11.6 Å². The molecule has 33 heavy (non-hydrogen) atoms. The summed E-state index contributed by atoms with van der Waals surface area (Å²) in [5, 5.41) is 7.17. The number of benzene rings is 4. The maximum Gasteiger partial charge on any atom is 0.0874 e. The van der Waals surface area contributed by atoms with Crippen LogP contribution >= 0.6 is 0 Å². The third-order valence-electron chi connectivity index (χ3n) is 6.26. The number of nitrogens with two attached hydrogens (primary N) is 2. The largest absolute Gasteiger partial charge is 0.399 e. The molecule has 4 N–H and O–H groups in total. The van der Waals surface area contributed by atoms with Crippen LogP contribution < -0.4 is 11.6 Å². The minimum atomic E-state index is -0.0763. The predicted octanol–water partition coefficient (Wildman–Crippen LogP) is 6.73. The summed E-state index contributed by atoms with van der Waals surface area (Å²) in [6.45, 7) is 4.56. The fourth-order valence-corrected chi connectivity index (χ4v) is 4.10. The van der Waals surface area contributed by atoms with Gasteiger partial charge in [0.05, 0.1) is 5.69 Å². The van der Waals surface area contributed by atoms with E-state index in [1.807, 2.05) is 24.3 Å². The van der Waals surface area contributed by atoms with Gasteiger partial charge in [-0.15, -0.1) is 5.11 Å². The lowest BCUT2D eigenvalue weighted by Crippen LogP contribution is -2.18. The Hall–Kier alpha value is -3.92. The van der Waals surface area contributed by atoms with Gasteiger partial charge in [0.2, 0.25) is 0 Å². The molecule has 0 amide bonds. The molecule has 0 fully saturated rings. The summed E-state index contributed by atoms with van der Waals surface area (Å²) in [6, 6.07) is 34.0. The van der Waals surface area contributed by atoms with Crippen LogP contribution in [0.4, 0.5) is 11.4 Å². The number of nitrogen functional groups attached to an aromatic ring is 1. The van der Waals surface area contributed by atoms with Gasteiger partial charge in [-0.05, 0) is 70.5 Å². The number of anilines is 1. The monoisotopic (exact) mass is 434 g/mol. The van der Waals surface area contributed by atoms with Gasteiger partial charge in [0.1, 0.15) is 0 Å². The van der Waals surface area contributed by atoms with Gasteiger partial charge in [-0.1, -0.05) is 91.9 Å². The molecule has 0 aromatic heterocycles. The molecule has 0 saturated carbocycles. The highest BCUT2D eigenvalue weighted by atomic mass is 15.3. The molecule has 0 atom stereocenters. The maximum absolute atomic E-state index is 5.80. The topological polar surface area (TPSA) is 76.8 Å². The van der Waals surface area contributed by atoms with Crippen molar-refractivity contribution in [1.82, 2.24) is 0 Å². The normalized spacial score (nSPS) is 11.7. The highest BCUT2D eigenvalue weighted by Crippen LogP contribution is 2.32. The van der Waals surface area contributed by atoms with Gasteiger partial charge in [0.25, 0.3) is 0 Å². The number of nitrogens with zero attached hydrogens (tertiary/aromatic N) is 2. The van der Waals surface area contributed by atoms with Crippen molar-refractivity contribution in [2.75, 3.05) is 5.73 Å². The van der Waals surface area contributed by atoms with Crippen molar-refractivity contribution in [2.45, 2.75) is 32.1 Å². The zero-order chi connectivity index (χ0) is 23.3. The van der Waals surface area contributed by atoms with E-state index in [-0.39, 0.29) is 5.41 Å². The minimum absolute atomic E-state index is 0.0763. The molecule has 166 valence electrons. The molecule has 0 aliphatic rings. The fraction of sp³-hybridized carbons (Fsp3) is 0.172. The molecule has 0 radical (unpaired) electrons. The molecule has 0 saturated heterocycles. The third kappa shape index (κ3) is 5.47. The molecule has 0 heterocycles. The summed E-state index contributed by atoms with van der Waals surface area (Å²) in [7, 11) is 0. The molecule has 0 spiro atoms. The Balaban J connectivity index is 1.44. The molecule has 4 nitrogen and oxygen atoms in total. The average Bonchev–Trinajstić information content (AvgIpc) is 2.83. The van der Waals surface area contributed by atoms with Gasteiger partial charge in [-0.25, -0.2) is 0 Å². The van der Waals surface area contributed by atoms with Crippen LogP contribution in [0, 0.1) is 0 Å². The number of hydrogen-bond acceptors (Lipinski definition) is 3. The predicted molar refractivity (Wildman–Crippen MR) is 137 cm³/mol. The summed E-state index contributed by atoms with van der Waals surface area (Å²) in [6.07, 6.45) is 1.78. The Morgan fingerprint density at radius 2 is 0.939 bits per heavy atom. The summed E-state index contributed by atoms with van der Waals surface area (Å²) in [4.78, 5) is 0. The van der Waals surface area contributed by atoms with E-state index >= 15 is 0 Å². The van der Waals surface area contributed by atoms with Gasteiger partial charge in [0, 0.05) is 11.1 Å². The fourth-order valence-electron chi connectivity index (χ4n) is 4.10. The SMILES string of the molecule is CC(C)(c1ccc(Cc2ccc(N)cc2)cc1)c1ccc(Cc2ccc(N=NN)cc2)cc1. The van der Waals surface area contributed by atoms with Crippen LogP contribution in [0.5, 0.6) is 0 Å². The van der Waals surface area contributed by atoms with Crippen molar-refractivity contribution >= 4 is 11.4 Å². The zero-order valence-corrected chi connectivity index (χ0v) is 19.2. The molecular weight excluding hydrogens is 404 g/mol. The van der Waals surface area contributed by atoms with Crippen molar-refractivity contribution in [2.24, 2.45) is 16.2 Å². The molecule has 0 bridgehead atoms. The van der Waals surface area contributed by atoms with Crippen molar-refractivity contribution < 1.29 is 0 Å². The lowest BCUT2D eigenvalue weighted by Gasteiger charge is -2.26. The molecule has 4 rings (SSSR count). The molecule has 4 aromatic rings. The van der Waals surface area contributed by atoms with Gasteiger partial charge >= 0.3 is 0 Å². The van der Waals surface area contributed by atoms with E-state index < -0.39 is 0 Å². The molecular formula is C29H30N4. The highest BCUT2D eigenvalue weighted by Gasteiger charge is 2.23. The van der Waals surface area contributed by atoms with E-state index in [1.165, 1.54) is 33.4 Å². The van der Waals surface area contributed by atoms with E-state index in [1.54, 1.807) is 0 Å². The zero-order valence-electron chi connectivity index (χ0n) is 19.2. The second-order valence-corrected chi connectivity index (χ2v) is 9.00. The molecule has 4 heteroatoms. The van der Waals surface area contributed by atoms with Crippen molar-refractivity contribution in [1.29, 1.82) is 0 Å². The Labute approximate surface area is 196 Å². The van der Waals surface area contributed by atoms with Crippen LogP contribution in [-0.2, 0) is 18.3 Å². The first-order valence-corrected chi connectivity index (χ1v) is 11.2. The van der Waals surface area contributed by atoms with Crippen molar-refractivity contribution in [3.05, 3.63) is 130 Å². The van der Waals surface area contributed by atoms with Gasteiger partial charge < -0.3 is 11.6 Å². The Morgan fingerprint density at radius 1 is 0.576 bits per heavy atom.